The van der Waals surface area contributed by atoms with Gasteiger partial charge in [0.15, 0.2) is 5.84 Å². The summed E-state index contributed by atoms with van der Waals surface area (Å²) in [5.41, 5.74) is 5.48. The van der Waals surface area contributed by atoms with Crippen molar-refractivity contribution in [1.29, 1.82) is 0 Å². The van der Waals surface area contributed by atoms with Gasteiger partial charge in [0.1, 0.15) is 5.82 Å². The molecule has 0 aromatic heterocycles. The molecule has 92 valence electrons. The summed E-state index contributed by atoms with van der Waals surface area (Å²) in [5.74, 6) is -1.23. The molecular weight excluding hydrogens is 249 g/mol. The van der Waals surface area contributed by atoms with Crippen LogP contribution >= 0.6 is 11.6 Å². The zero-order chi connectivity index (χ0) is 13.0. The Morgan fingerprint density at radius 3 is 2.82 bits per heavy atom. The Labute approximate surface area is 102 Å². The summed E-state index contributed by atoms with van der Waals surface area (Å²) < 4.78 is 12.9. The van der Waals surface area contributed by atoms with E-state index in [-0.39, 0.29) is 16.4 Å². The highest BCUT2D eigenvalue weighted by molar-refractivity contribution is 6.31. The molecule has 1 amide bonds. The molecule has 1 rings (SSSR count). The van der Waals surface area contributed by atoms with Crippen LogP contribution in [0.2, 0.25) is 5.02 Å². The SMILES string of the molecule is CC(NC(=O)c1ccc(F)c(Cl)c1)/C(N)=N/O. The molecule has 1 atom stereocenters. The number of amides is 1. The second kappa shape index (κ2) is 5.49. The molecule has 0 aliphatic rings. The molecule has 0 radical (unpaired) electrons. The normalized spacial score (nSPS) is 13.2. The van der Waals surface area contributed by atoms with Crippen LogP contribution in [0, 0.1) is 5.82 Å². The lowest BCUT2D eigenvalue weighted by molar-refractivity contribution is 0.0948. The van der Waals surface area contributed by atoms with Crippen molar-refractivity contribution in [3.05, 3.63) is 34.6 Å². The van der Waals surface area contributed by atoms with E-state index in [0.717, 1.165) is 6.07 Å². The van der Waals surface area contributed by atoms with E-state index in [2.05, 4.69) is 10.5 Å². The minimum absolute atomic E-state index is 0.133. The zero-order valence-electron chi connectivity index (χ0n) is 8.95. The number of hydrogen-bond acceptors (Lipinski definition) is 3. The van der Waals surface area contributed by atoms with Crippen molar-refractivity contribution in [2.45, 2.75) is 13.0 Å². The van der Waals surface area contributed by atoms with Gasteiger partial charge in [-0.25, -0.2) is 4.39 Å². The molecule has 0 heterocycles. The maximum absolute atomic E-state index is 12.9. The molecule has 0 aliphatic carbocycles. The van der Waals surface area contributed by atoms with E-state index in [0.29, 0.717) is 0 Å². The van der Waals surface area contributed by atoms with Crippen LogP contribution in [0.25, 0.3) is 0 Å². The van der Waals surface area contributed by atoms with Gasteiger partial charge in [-0.05, 0) is 25.1 Å². The number of nitrogens with one attached hydrogen (secondary N) is 1. The third-order valence-corrected chi connectivity index (χ3v) is 2.38. The minimum Gasteiger partial charge on any atom is -0.409 e. The Hall–Kier alpha value is -1.82. The maximum atomic E-state index is 12.9. The molecule has 1 aromatic rings. The molecule has 1 unspecified atom stereocenters. The zero-order valence-corrected chi connectivity index (χ0v) is 9.70. The number of rotatable bonds is 3. The van der Waals surface area contributed by atoms with Crippen LogP contribution < -0.4 is 11.1 Å². The Balaban J connectivity index is 2.80. The number of amidine groups is 1. The fraction of sp³-hybridized carbons (Fsp3) is 0.200. The number of hydrogen-bond donors (Lipinski definition) is 3. The molecule has 0 aliphatic heterocycles. The summed E-state index contributed by atoms with van der Waals surface area (Å²) >= 11 is 5.54. The summed E-state index contributed by atoms with van der Waals surface area (Å²) in [4.78, 5) is 11.7. The standard InChI is InChI=1S/C10H11ClFN3O2/c1-5(9(13)15-17)14-10(16)6-2-3-8(12)7(11)4-6/h2-5,17H,1H3,(H2,13,15)(H,14,16). The van der Waals surface area contributed by atoms with E-state index in [1.54, 1.807) is 0 Å². The van der Waals surface area contributed by atoms with Crippen LogP contribution in [0.4, 0.5) is 4.39 Å². The predicted octanol–water partition coefficient (Wildman–Crippen LogP) is 1.34. The maximum Gasteiger partial charge on any atom is 0.251 e. The Kier molecular flexibility index (Phi) is 4.28. The van der Waals surface area contributed by atoms with Gasteiger partial charge >= 0.3 is 0 Å². The Morgan fingerprint density at radius 2 is 2.29 bits per heavy atom. The summed E-state index contributed by atoms with van der Waals surface area (Å²) in [6.07, 6.45) is 0. The summed E-state index contributed by atoms with van der Waals surface area (Å²) in [6, 6.07) is 2.93. The van der Waals surface area contributed by atoms with Gasteiger partial charge in [0, 0.05) is 5.56 Å². The van der Waals surface area contributed by atoms with Gasteiger partial charge in [-0.15, -0.1) is 0 Å². The number of carbonyl (C=O) groups is 1. The highest BCUT2D eigenvalue weighted by Gasteiger charge is 2.14. The van der Waals surface area contributed by atoms with E-state index in [4.69, 9.17) is 22.5 Å². The van der Waals surface area contributed by atoms with E-state index >= 15 is 0 Å². The second-order valence-corrected chi connectivity index (χ2v) is 3.76. The number of halogens is 2. The molecule has 4 N–H and O–H groups in total. The van der Waals surface area contributed by atoms with Gasteiger partial charge in [-0.2, -0.15) is 0 Å². The van der Waals surface area contributed by atoms with Crippen molar-refractivity contribution >= 4 is 23.3 Å². The average Bonchev–Trinajstić information content (AvgIpc) is 2.31. The predicted molar refractivity (Wildman–Crippen MR) is 61.7 cm³/mol. The lowest BCUT2D eigenvalue weighted by Crippen LogP contribution is -2.42. The van der Waals surface area contributed by atoms with Gasteiger partial charge in [-0.1, -0.05) is 16.8 Å². The second-order valence-electron chi connectivity index (χ2n) is 3.35. The Bertz CT molecular complexity index is 465. The van der Waals surface area contributed by atoms with Gasteiger partial charge in [0.2, 0.25) is 0 Å². The third kappa shape index (κ3) is 3.32. The molecule has 17 heavy (non-hydrogen) atoms. The van der Waals surface area contributed by atoms with E-state index < -0.39 is 17.8 Å². The van der Waals surface area contributed by atoms with E-state index in [9.17, 15) is 9.18 Å². The fourth-order valence-corrected chi connectivity index (χ4v) is 1.26. The number of nitrogens with zero attached hydrogens (tertiary/aromatic N) is 1. The van der Waals surface area contributed by atoms with Crippen molar-refractivity contribution in [2.75, 3.05) is 0 Å². The first kappa shape index (κ1) is 13.2. The van der Waals surface area contributed by atoms with Crippen molar-refractivity contribution in [3.8, 4) is 0 Å². The van der Waals surface area contributed by atoms with Crippen LogP contribution in [-0.2, 0) is 0 Å². The number of oxime groups is 1. The van der Waals surface area contributed by atoms with Gasteiger partial charge in [-0.3, -0.25) is 4.79 Å². The van der Waals surface area contributed by atoms with Crippen LogP contribution in [0.1, 0.15) is 17.3 Å². The molecule has 1 aromatic carbocycles. The highest BCUT2D eigenvalue weighted by Crippen LogP contribution is 2.15. The van der Waals surface area contributed by atoms with Gasteiger partial charge in [0.05, 0.1) is 11.1 Å². The van der Waals surface area contributed by atoms with Crippen molar-refractivity contribution in [3.63, 3.8) is 0 Å². The summed E-state index contributed by atoms with van der Waals surface area (Å²) in [7, 11) is 0. The lowest BCUT2D eigenvalue weighted by atomic mass is 10.2. The molecule has 0 spiro atoms. The van der Waals surface area contributed by atoms with Crippen LogP contribution in [0.3, 0.4) is 0 Å². The quantitative estimate of drug-likeness (QED) is 0.331. The third-order valence-electron chi connectivity index (χ3n) is 2.09. The van der Waals surface area contributed by atoms with E-state index in [1.807, 2.05) is 0 Å². The van der Waals surface area contributed by atoms with Crippen molar-refractivity contribution in [2.24, 2.45) is 10.9 Å². The molecule has 0 saturated carbocycles. The number of nitrogens with two attached hydrogens (primary N) is 1. The van der Waals surface area contributed by atoms with Crippen molar-refractivity contribution < 1.29 is 14.4 Å². The van der Waals surface area contributed by atoms with Crippen LogP contribution in [-0.4, -0.2) is 23.0 Å². The smallest absolute Gasteiger partial charge is 0.251 e. The number of carbonyl (C=O) groups excluding carboxylic acids is 1. The highest BCUT2D eigenvalue weighted by atomic mass is 35.5. The first-order valence-corrected chi connectivity index (χ1v) is 5.07. The monoisotopic (exact) mass is 259 g/mol. The molecule has 0 bridgehead atoms. The first-order valence-electron chi connectivity index (χ1n) is 4.69. The van der Waals surface area contributed by atoms with Gasteiger partial charge in [0.25, 0.3) is 5.91 Å². The molecule has 5 nitrogen and oxygen atoms in total. The van der Waals surface area contributed by atoms with Crippen LogP contribution in [0.15, 0.2) is 23.4 Å². The first-order chi connectivity index (χ1) is 7.95. The van der Waals surface area contributed by atoms with Crippen molar-refractivity contribution in [1.82, 2.24) is 5.32 Å². The van der Waals surface area contributed by atoms with Gasteiger partial charge < -0.3 is 16.3 Å². The molecule has 7 heteroatoms. The Morgan fingerprint density at radius 1 is 1.65 bits per heavy atom. The fourth-order valence-electron chi connectivity index (χ4n) is 1.08. The summed E-state index contributed by atoms with van der Waals surface area (Å²) in [6.45, 7) is 1.54. The topological polar surface area (TPSA) is 87.7 Å². The van der Waals surface area contributed by atoms with E-state index in [1.165, 1.54) is 19.1 Å². The molecule has 0 saturated heterocycles. The molecular formula is C10H11ClFN3O2. The summed E-state index contributed by atoms with van der Waals surface area (Å²) in [5, 5.41) is 13.5. The average molecular weight is 260 g/mol. The minimum atomic E-state index is -0.642. The van der Waals surface area contributed by atoms with Crippen LogP contribution in [0.5, 0.6) is 0 Å². The molecule has 0 fully saturated rings. The largest absolute Gasteiger partial charge is 0.409 e. The lowest BCUT2D eigenvalue weighted by Gasteiger charge is -2.12. The number of benzene rings is 1.